The summed E-state index contributed by atoms with van der Waals surface area (Å²) >= 11 is 3.20. The van der Waals surface area contributed by atoms with E-state index < -0.39 is 25.5 Å². The Morgan fingerprint density at radius 3 is 2.23 bits per heavy atom. The number of nitrogens with one attached hydrogen (secondary N) is 1. The summed E-state index contributed by atoms with van der Waals surface area (Å²) in [6, 6.07) is -0.256. The van der Waals surface area contributed by atoms with E-state index in [4.69, 9.17) is 23.5 Å². The Bertz CT molecular complexity index is 1060. The van der Waals surface area contributed by atoms with E-state index in [1.165, 1.54) is 16.8 Å². The fourth-order valence-electron chi connectivity index (χ4n) is 3.66. The fourth-order valence-corrected chi connectivity index (χ4v) is 6.36. The molecule has 1 aliphatic rings. The van der Waals surface area contributed by atoms with Crippen molar-refractivity contribution in [3.8, 4) is 0 Å². The van der Waals surface area contributed by atoms with Gasteiger partial charge in [0.1, 0.15) is 0 Å². The van der Waals surface area contributed by atoms with Gasteiger partial charge < -0.3 is 9.16 Å². The standard InChI is InChI=1S/C23H35BrN2O5Si.3CO.Fe/c1-8-30-20(27)10-9-16-11-18(26-13-19(24)21(28)25-22(26)29)12-17(16)14-31-32(6,7)23(4,5)15(2)3;3*1-2;/h9-11,13,15,17-18H,8,12,14H2,1-7H3,(H,25,28,29);;;;. The SMILES string of the molecule is CCOC(=O)C=CC1=CC(n2cc(Br)c(=O)[nH]c2=O)CC1CO[Si](C)(C)C(C)(C)C(C)C.[C]=O.[C]=O.[C]=O.[Fe]. The number of hydrogen-bond donors (Lipinski definition) is 1. The molecule has 0 bridgehead atoms. The predicted octanol–water partition coefficient (Wildman–Crippen LogP) is 3.37. The minimum Gasteiger partial charge on any atom is -0.463 e. The van der Waals surface area contributed by atoms with E-state index >= 15 is 0 Å². The first-order chi connectivity index (χ1) is 17.8. The van der Waals surface area contributed by atoms with Crippen LogP contribution in [0.3, 0.4) is 0 Å². The molecule has 1 aromatic heterocycles. The predicted molar refractivity (Wildman–Crippen MR) is 149 cm³/mol. The van der Waals surface area contributed by atoms with Crippen LogP contribution in [0.15, 0.2) is 44.1 Å². The molecule has 10 nitrogen and oxygen atoms in total. The summed E-state index contributed by atoms with van der Waals surface area (Å²) in [6.07, 6.45) is 7.27. The van der Waals surface area contributed by atoms with Gasteiger partial charge in [0.25, 0.3) is 25.9 Å². The number of carbonyl (C=O) groups is 1. The number of esters is 1. The average molecular weight is 667 g/mol. The Morgan fingerprint density at radius 2 is 1.74 bits per heavy atom. The van der Waals surface area contributed by atoms with Crippen LogP contribution in [0.25, 0.3) is 0 Å². The van der Waals surface area contributed by atoms with Crippen LogP contribution in [0, 0.1) is 11.8 Å². The van der Waals surface area contributed by atoms with Gasteiger partial charge in [-0.05, 0) is 58.9 Å². The molecule has 1 heterocycles. The summed E-state index contributed by atoms with van der Waals surface area (Å²) in [5.74, 6) is 0.0884. The van der Waals surface area contributed by atoms with Gasteiger partial charge in [-0.1, -0.05) is 39.8 Å². The molecular formula is C26H35BrFeN2O8Si. The molecule has 0 spiro atoms. The molecule has 2 rings (SSSR count). The van der Waals surface area contributed by atoms with E-state index in [1.54, 1.807) is 13.0 Å². The van der Waals surface area contributed by atoms with Gasteiger partial charge >= 0.3 is 11.7 Å². The number of H-pyrrole nitrogens is 1. The Kier molecular flexibility index (Phi) is 21.0. The normalized spacial score (nSPS) is 16.4. The molecular weight excluding hydrogens is 632 g/mol. The van der Waals surface area contributed by atoms with Crippen molar-refractivity contribution in [2.75, 3.05) is 13.2 Å². The first-order valence-corrected chi connectivity index (χ1v) is 15.3. The Hall–Kier alpha value is -2.18. The van der Waals surface area contributed by atoms with Crippen molar-refractivity contribution in [1.29, 1.82) is 0 Å². The molecule has 1 aromatic rings. The largest absolute Gasteiger partial charge is 0.463 e. The maximum Gasteiger partial charge on any atom is 0.330 e. The van der Waals surface area contributed by atoms with E-state index in [0.29, 0.717) is 30.0 Å². The monoisotopic (exact) mass is 666 g/mol. The van der Waals surface area contributed by atoms with Crippen molar-refractivity contribution in [1.82, 2.24) is 9.55 Å². The third kappa shape index (κ3) is 11.8. The minimum absolute atomic E-state index is 0. The molecule has 6 radical (unpaired) electrons. The quantitative estimate of drug-likeness (QED) is 0.240. The van der Waals surface area contributed by atoms with Crippen molar-refractivity contribution < 1.29 is 45.4 Å². The van der Waals surface area contributed by atoms with Crippen LogP contribution in [0.4, 0.5) is 0 Å². The van der Waals surface area contributed by atoms with E-state index in [0.717, 1.165) is 5.57 Å². The van der Waals surface area contributed by atoms with Crippen LogP contribution in [0.1, 0.15) is 47.1 Å². The number of halogens is 1. The topological polar surface area (TPSA) is 142 Å². The number of carbonyl (C=O) groups excluding carboxylic acids is 4. The van der Waals surface area contributed by atoms with Crippen LogP contribution in [-0.2, 0) is 45.4 Å². The first-order valence-electron chi connectivity index (χ1n) is 11.6. The summed E-state index contributed by atoms with van der Waals surface area (Å²) in [6.45, 7) is 29.5. The molecule has 0 amide bonds. The van der Waals surface area contributed by atoms with Gasteiger partial charge in [-0.3, -0.25) is 28.7 Å². The van der Waals surface area contributed by atoms with Gasteiger partial charge in [0.2, 0.25) is 0 Å². The molecule has 1 aliphatic carbocycles. The number of hydrogen-bond acceptors (Lipinski definition) is 8. The number of aromatic amines is 1. The molecule has 1 N–H and O–H groups in total. The number of rotatable bonds is 9. The third-order valence-electron chi connectivity index (χ3n) is 7.00. The van der Waals surface area contributed by atoms with Crippen LogP contribution >= 0.6 is 15.9 Å². The molecule has 13 heteroatoms. The molecule has 0 aliphatic heterocycles. The van der Waals surface area contributed by atoms with Gasteiger partial charge in [-0.15, -0.1) is 0 Å². The second-order valence-corrected chi connectivity index (χ2v) is 15.0. The van der Waals surface area contributed by atoms with Gasteiger partial charge in [-0.25, -0.2) is 9.59 Å². The van der Waals surface area contributed by atoms with Crippen molar-refractivity contribution in [3.63, 3.8) is 0 Å². The molecule has 0 saturated heterocycles. The number of allylic oxidation sites excluding steroid dienone is 2. The smallest absolute Gasteiger partial charge is 0.330 e. The van der Waals surface area contributed by atoms with Crippen LogP contribution in [0.5, 0.6) is 0 Å². The Labute approximate surface area is 250 Å². The summed E-state index contributed by atoms with van der Waals surface area (Å²) in [5.41, 5.74) is -0.00554. The third-order valence-corrected chi connectivity index (χ3v) is 12.1. The maximum atomic E-state index is 12.4. The van der Waals surface area contributed by atoms with Crippen LogP contribution < -0.4 is 11.2 Å². The van der Waals surface area contributed by atoms with E-state index in [1.807, 2.05) is 6.08 Å². The second-order valence-electron chi connectivity index (χ2n) is 9.59. The first kappa shape index (κ1) is 41.3. The van der Waals surface area contributed by atoms with Crippen molar-refractivity contribution in [2.24, 2.45) is 11.8 Å². The van der Waals surface area contributed by atoms with Crippen molar-refractivity contribution in [2.45, 2.75) is 65.2 Å². The van der Waals surface area contributed by atoms with Crippen LogP contribution in [0.2, 0.25) is 18.1 Å². The minimum atomic E-state index is -2.04. The van der Waals surface area contributed by atoms with Crippen molar-refractivity contribution in [3.05, 3.63) is 55.3 Å². The van der Waals surface area contributed by atoms with E-state index in [-0.39, 0.29) is 34.1 Å². The molecule has 0 aromatic carbocycles. The Morgan fingerprint density at radius 1 is 1.21 bits per heavy atom. The summed E-state index contributed by atoms with van der Waals surface area (Å²) in [5, 5.41) is 0.0797. The zero-order valence-electron chi connectivity index (χ0n) is 23.1. The average Bonchev–Trinajstić information content (AvgIpc) is 3.30. The van der Waals surface area contributed by atoms with Gasteiger partial charge in [0.15, 0.2) is 8.32 Å². The van der Waals surface area contributed by atoms with Gasteiger partial charge in [0.05, 0.1) is 17.1 Å². The molecule has 39 heavy (non-hydrogen) atoms. The summed E-state index contributed by atoms with van der Waals surface area (Å²) < 4.78 is 13.4. The zero-order valence-corrected chi connectivity index (χ0v) is 26.8. The van der Waals surface area contributed by atoms with Crippen LogP contribution in [-0.4, -0.2) is 57.4 Å². The summed E-state index contributed by atoms with van der Waals surface area (Å²) in [7, 11) is -2.04. The zero-order chi connectivity index (χ0) is 30.3. The number of nitrogens with zero attached hydrogens (tertiary/aromatic N) is 1. The van der Waals surface area contributed by atoms with E-state index in [2.05, 4.69) is 82.1 Å². The van der Waals surface area contributed by atoms with Gasteiger partial charge in [0, 0.05) is 41.9 Å². The maximum absolute atomic E-state index is 12.4. The molecule has 0 fully saturated rings. The molecule has 2 atom stereocenters. The molecule has 2 unspecified atom stereocenters. The van der Waals surface area contributed by atoms with Gasteiger partial charge in [-0.2, -0.15) is 0 Å². The molecule has 0 saturated carbocycles. The number of ether oxygens (including phenoxy) is 1. The second kappa shape index (κ2) is 19.8. The number of aromatic nitrogens is 2. The van der Waals surface area contributed by atoms with E-state index in [9.17, 15) is 14.4 Å². The molecule has 216 valence electrons. The fraction of sp³-hybridized carbons (Fsp3) is 0.538. The van der Waals surface area contributed by atoms with Crippen molar-refractivity contribution >= 4 is 50.6 Å². The summed E-state index contributed by atoms with van der Waals surface area (Å²) in [4.78, 5) is 60.8. The Balaban J connectivity index is -0.00000173.